The number of hydrogen-bond donors (Lipinski definition) is 1. The van der Waals surface area contributed by atoms with Crippen molar-refractivity contribution in [3.63, 3.8) is 0 Å². The molecular formula is C11H20N6O3S. The standard InChI is InChI=1S/C11H20N6O3S/c1-8(2)20-11-14-9(12)13-10(15-11)16-4-6-17(7-5-16)21(3,18)19/h8H,4-7H2,1-3H3,(H2,12,13,14,15). The number of rotatable bonds is 4. The molecule has 2 rings (SSSR count). The number of piperazine rings is 1. The van der Waals surface area contributed by atoms with Crippen LogP contribution in [-0.2, 0) is 10.0 Å². The summed E-state index contributed by atoms with van der Waals surface area (Å²) < 4.78 is 29.8. The Kier molecular flexibility index (Phi) is 4.47. The van der Waals surface area contributed by atoms with Gasteiger partial charge in [0.25, 0.3) is 0 Å². The molecule has 0 spiro atoms. The molecule has 0 unspecified atom stereocenters. The maximum absolute atomic E-state index is 11.5. The van der Waals surface area contributed by atoms with E-state index in [4.69, 9.17) is 10.5 Å². The topological polar surface area (TPSA) is 115 Å². The molecule has 0 aliphatic carbocycles. The Morgan fingerprint density at radius 3 is 2.29 bits per heavy atom. The van der Waals surface area contributed by atoms with Gasteiger partial charge in [-0.1, -0.05) is 0 Å². The second-order valence-corrected chi connectivity index (χ2v) is 7.07. The van der Waals surface area contributed by atoms with Gasteiger partial charge in [-0.2, -0.15) is 19.3 Å². The first-order chi connectivity index (χ1) is 9.75. The summed E-state index contributed by atoms with van der Waals surface area (Å²) in [6.45, 7) is 5.51. The van der Waals surface area contributed by atoms with E-state index in [0.717, 1.165) is 0 Å². The highest BCUT2D eigenvalue weighted by molar-refractivity contribution is 7.88. The highest BCUT2D eigenvalue weighted by Gasteiger charge is 2.25. The van der Waals surface area contributed by atoms with E-state index >= 15 is 0 Å². The quantitative estimate of drug-likeness (QED) is 0.777. The molecule has 1 saturated heterocycles. The lowest BCUT2D eigenvalue weighted by molar-refractivity contribution is 0.222. The number of anilines is 2. The van der Waals surface area contributed by atoms with Crippen LogP contribution in [0.15, 0.2) is 0 Å². The van der Waals surface area contributed by atoms with Crippen molar-refractivity contribution in [3.05, 3.63) is 0 Å². The van der Waals surface area contributed by atoms with Gasteiger partial charge in [-0.25, -0.2) is 8.42 Å². The Bertz CT molecular complexity index is 598. The zero-order valence-corrected chi connectivity index (χ0v) is 13.2. The molecule has 0 bridgehead atoms. The van der Waals surface area contributed by atoms with Gasteiger partial charge in [-0.05, 0) is 13.8 Å². The molecule has 0 saturated carbocycles. The van der Waals surface area contributed by atoms with E-state index in [1.807, 2.05) is 18.7 Å². The predicted molar refractivity (Wildman–Crippen MR) is 78.6 cm³/mol. The van der Waals surface area contributed by atoms with E-state index in [1.165, 1.54) is 10.6 Å². The summed E-state index contributed by atoms with van der Waals surface area (Å²) in [6.07, 6.45) is 1.14. The van der Waals surface area contributed by atoms with Crippen molar-refractivity contribution >= 4 is 21.9 Å². The highest BCUT2D eigenvalue weighted by Crippen LogP contribution is 2.17. The Balaban J connectivity index is 2.11. The van der Waals surface area contributed by atoms with Crippen LogP contribution in [0.1, 0.15) is 13.8 Å². The van der Waals surface area contributed by atoms with Crippen LogP contribution in [-0.4, -0.2) is 66.2 Å². The summed E-state index contributed by atoms with van der Waals surface area (Å²) in [7, 11) is -3.16. The maximum atomic E-state index is 11.5. The van der Waals surface area contributed by atoms with Gasteiger partial charge >= 0.3 is 6.01 Å². The minimum atomic E-state index is -3.16. The zero-order chi connectivity index (χ0) is 15.6. The predicted octanol–water partition coefficient (Wildman–Crippen LogP) is -0.677. The zero-order valence-electron chi connectivity index (χ0n) is 12.4. The van der Waals surface area contributed by atoms with Gasteiger partial charge in [0, 0.05) is 26.2 Å². The Hall–Kier alpha value is -1.68. The molecule has 10 heteroatoms. The second kappa shape index (κ2) is 5.98. The van der Waals surface area contributed by atoms with E-state index in [2.05, 4.69) is 15.0 Å². The summed E-state index contributed by atoms with van der Waals surface area (Å²) in [4.78, 5) is 14.1. The van der Waals surface area contributed by atoms with Crippen LogP contribution in [0.4, 0.5) is 11.9 Å². The first-order valence-electron chi connectivity index (χ1n) is 6.64. The van der Waals surface area contributed by atoms with Crippen LogP contribution in [0.3, 0.4) is 0 Å². The van der Waals surface area contributed by atoms with Gasteiger partial charge in [-0.15, -0.1) is 0 Å². The molecule has 1 aliphatic heterocycles. The van der Waals surface area contributed by atoms with E-state index in [-0.39, 0.29) is 18.1 Å². The molecule has 1 aromatic rings. The molecule has 0 amide bonds. The van der Waals surface area contributed by atoms with Crippen molar-refractivity contribution in [3.8, 4) is 6.01 Å². The maximum Gasteiger partial charge on any atom is 0.323 e. The highest BCUT2D eigenvalue weighted by atomic mass is 32.2. The third-order valence-electron chi connectivity index (χ3n) is 2.95. The summed E-state index contributed by atoms with van der Waals surface area (Å²) >= 11 is 0. The monoisotopic (exact) mass is 316 g/mol. The molecule has 1 fully saturated rings. The Labute approximate surface area is 124 Å². The first kappa shape index (κ1) is 15.7. The minimum Gasteiger partial charge on any atom is -0.461 e. The summed E-state index contributed by atoms with van der Waals surface area (Å²) in [5, 5.41) is 0. The molecule has 118 valence electrons. The number of nitrogens with zero attached hydrogens (tertiary/aromatic N) is 5. The number of sulfonamides is 1. The van der Waals surface area contributed by atoms with E-state index in [1.54, 1.807) is 0 Å². The third-order valence-corrected chi connectivity index (χ3v) is 4.26. The van der Waals surface area contributed by atoms with Crippen molar-refractivity contribution in [2.75, 3.05) is 43.1 Å². The molecular weight excluding hydrogens is 296 g/mol. The molecule has 1 aromatic heterocycles. The van der Waals surface area contributed by atoms with Crippen LogP contribution < -0.4 is 15.4 Å². The minimum absolute atomic E-state index is 0.0678. The van der Waals surface area contributed by atoms with Crippen LogP contribution in [0.25, 0.3) is 0 Å². The van der Waals surface area contributed by atoms with Gasteiger partial charge in [-0.3, -0.25) is 0 Å². The van der Waals surface area contributed by atoms with Gasteiger partial charge < -0.3 is 15.4 Å². The molecule has 2 N–H and O–H groups in total. The number of nitrogens with two attached hydrogens (primary N) is 1. The van der Waals surface area contributed by atoms with Crippen molar-refractivity contribution in [1.29, 1.82) is 0 Å². The SMILES string of the molecule is CC(C)Oc1nc(N)nc(N2CCN(S(C)(=O)=O)CC2)n1. The average molecular weight is 316 g/mol. The average Bonchev–Trinajstić information content (AvgIpc) is 2.36. The normalized spacial score (nSPS) is 17.2. The van der Waals surface area contributed by atoms with E-state index in [0.29, 0.717) is 32.1 Å². The molecule has 1 aliphatic rings. The van der Waals surface area contributed by atoms with Crippen LogP contribution in [0, 0.1) is 0 Å². The smallest absolute Gasteiger partial charge is 0.323 e. The largest absolute Gasteiger partial charge is 0.461 e. The van der Waals surface area contributed by atoms with Crippen LogP contribution in [0.2, 0.25) is 0 Å². The van der Waals surface area contributed by atoms with Crippen molar-refractivity contribution in [2.45, 2.75) is 20.0 Å². The fourth-order valence-corrected chi connectivity index (χ4v) is 2.81. The van der Waals surface area contributed by atoms with E-state index < -0.39 is 10.0 Å². The lowest BCUT2D eigenvalue weighted by Gasteiger charge is -2.33. The Morgan fingerprint density at radius 2 is 1.76 bits per heavy atom. The molecule has 0 radical (unpaired) electrons. The van der Waals surface area contributed by atoms with Gasteiger partial charge in [0.05, 0.1) is 12.4 Å². The van der Waals surface area contributed by atoms with Crippen molar-refractivity contribution < 1.29 is 13.2 Å². The lowest BCUT2D eigenvalue weighted by atomic mass is 10.4. The van der Waals surface area contributed by atoms with Crippen LogP contribution in [0.5, 0.6) is 6.01 Å². The van der Waals surface area contributed by atoms with Gasteiger partial charge in [0.15, 0.2) is 0 Å². The molecule has 2 heterocycles. The first-order valence-corrected chi connectivity index (χ1v) is 8.49. The Morgan fingerprint density at radius 1 is 1.14 bits per heavy atom. The molecule has 0 atom stereocenters. The summed E-state index contributed by atoms with van der Waals surface area (Å²) in [5.74, 6) is 0.493. The number of nitrogen functional groups attached to an aromatic ring is 1. The van der Waals surface area contributed by atoms with Gasteiger partial charge in [0.2, 0.25) is 21.9 Å². The summed E-state index contributed by atoms with van der Waals surface area (Å²) in [6, 6.07) is 0.179. The fourth-order valence-electron chi connectivity index (χ4n) is 1.99. The fraction of sp³-hybridized carbons (Fsp3) is 0.727. The second-order valence-electron chi connectivity index (χ2n) is 5.09. The lowest BCUT2D eigenvalue weighted by Crippen LogP contribution is -2.48. The van der Waals surface area contributed by atoms with Crippen molar-refractivity contribution in [2.24, 2.45) is 0 Å². The molecule has 21 heavy (non-hydrogen) atoms. The number of hydrogen-bond acceptors (Lipinski definition) is 8. The third kappa shape index (κ3) is 4.14. The van der Waals surface area contributed by atoms with E-state index in [9.17, 15) is 8.42 Å². The summed E-state index contributed by atoms with van der Waals surface area (Å²) in [5.41, 5.74) is 5.66. The number of aromatic nitrogens is 3. The molecule has 9 nitrogen and oxygen atoms in total. The van der Waals surface area contributed by atoms with Gasteiger partial charge in [0.1, 0.15) is 0 Å². The molecule has 0 aromatic carbocycles. The van der Waals surface area contributed by atoms with Crippen LogP contribution >= 0.6 is 0 Å². The number of ether oxygens (including phenoxy) is 1. The van der Waals surface area contributed by atoms with Crippen molar-refractivity contribution in [1.82, 2.24) is 19.3 Å².